The number of carbonyl (C=O) groups is 1. The fourth-order valence-electron chi connectivity index (χ4n) is 2.27. The molecule has 8 heteroatoms. The van der Waals surface area contributed by atoms with E-state index in [0.29, 0.717) is 11.1 Å². The Morgan fingerprint density at radius 2 is 2.21 bits per heavy atom. The van der Waals surface area contributed by atoms with Gasteiger partial charge in [0, 0.05) is 0 Å². The number of aryl methyl sites for hydroxylation is 1. The minimum atomic E-state index is -1.11. The van der Waals surface area contributed by atoms with Crippen molar-refractivity contribution in [2.45, 2.75) is 6.92 Å². The highest BCUT2D eigenvalue weighted by atomic mass is 35.5. The highest BCUT2D eigenvalue weighted by Gasteiger charge is 2.19. The maximum absolute atomic E-state index is 13.2. The van der Waals surface area contributed by atoms with E-state index in [4.69, 9.17) is 16.7 Å². The van der Waals surface area contributed by atoms with Crippen LogP contribution in [0.2, 0.25) is 0 Å². The molecule has 0 saturated heterocycles. The maximum atomic E-state index is 13.2. The Hall–Kier alpha value is -2.51. The van der Waals surface area contributed by atoms with Crippen molar-refractivity contribution in [2.24, 2.45) is 0 Å². The molecule has 0 fully saturated rings. The van der Waals surface area contributed by atoms with Crippen molar-refractivity contribution < 1.29 is 14.3 Å². The fraction of sp³-hybridized carbons (Fsp3) is 0.0625. The Morgan fingerprint density at radius 3 is 2.88 bits per heavy atom. The lowest BCUT2D eigenvalue weighted by molar-refractivity contribution is 0.0701. The molecule has 24 heavy (non-hydrogen) atoms. The van der Waals surface area contributed by atoms with Gasteiger partial charge in [0.25, 0.3) is 5.56 Å². The number of nitrogens with one attached hydrogen (secondary N) is 1. The topological polar surface area (TPSA) is 83.0 Å². The van der Waals surface area contributed by atoms with E-state index >= 15 is 0 Å². The van der Waals surface area contributed by atoms with Crippen molar-refractivity contribution in [3.63, 3.8) is 0 Å². The fourth-order valence-corrected chi connectivity index (χ4v) is 3.51. The number of hydrogen-bond donors (Lipinski definition) is 2. The molecule has 2 aromatic heterocycles. The lowest BCUT2D eigenvalue weighted by Gasteiger charge is -2.00. The number of aromatic carboxylic acids is 1. The zero-order chi connectivity index (χ0) is 17.4. The minimum Gasteiger partial charge on any atom is -0.477 e. The van der Waals surface area contributed by atoms with E-state index in [2.05, 4.69) is 9.97 Å². The van der Waals surface area contributed by atoms with Crippen LogP contribution >= 0.6 is 22.9 Å². The molecule has 1 aromatic carbocycles. The number of H-pyrrole nitrogens is 1. The number of aromatic amines is 1. The van der Waals surface area contributed by atoms with Crippen molar-refractivity contribution >= 4 is 50.2 Å². The average Bonchev–Trinajstić information content (AvgIpc) is 2.85. The Labute approximate surface area is 144 Å². The van der Waals surface area contributed by atoms with Crippen LogP contribution < -0.4 is 5.56 Å². The third-order valence-corrected chi connectivity index (χ3v) is 4.82. The van der Waals surface area contributed by atoms with Gasteiger partial charge >= 0.3 is 5.97 Å². The second-order valence-electron chi connectivity index (χ2n) is 5.00. The molecule has 122 valence electrons. The molecule has 0 aliphatic heterocycles. The number of aromatic nitrogens is 2. The quantitative estimate of drug-likeness (QED) is 0.739. The van der Waals surface area contributed by atoms with Crippen LogP contribution in [0, 0.1) is 12.7 Å². The summed E-state index contributed by atoms with van der Waals surface area (Å²) in [4.78, 5) is 30.5. The van der Waals surface area contributed by atoms with Gasteiger partial charge in [-0.25, -0.2) is 14.2 Å². The van der Waals surface area contributed by atoms with Crippen molar-refractivity contribution in [1.29, 1.82) is 0 Å². The second-order valence-corrected chi connectivity index (χ2v) is 6.41. The Balaban J connectivity index is 2.14. The van der Waals surface area contributed by atoms with E-state index in [1.807, 2.05) is 0 Å². The first-order valence-corrected chi connectivity index (χ1v) is 7.96. The molecule has 5 nitrogen and oxygen atoms in total. The summed E-state index contributed by atoms with van der Waals surface area (Å²) in [5, 5.41) is 9.50. The normalized spacial score (nSPS) is 11.9. The summed E-state index contributed by atoms with van der Waals surface area (Å²) in [6.45, 7) is 1.56. The number of benzene rings is 1. The predicted molar refractivity (Wildman–Crippen MR) is 92.1 cm³/mol. The van der Waals surface area contributed by atoms with Crippen LogP contribution in [0.4, 0.5) is 4.39 Å². The molecule has 3 rings (SSSR count). The lowest BCUT2D eigenvalue weighted by atomic mass is 10.2. The first kappa shape index (κ1) is 16.4. The summed E-state index contributed by atoms with van der Waals surface area (Å²) >= 11 is 7.08. The summed E-state index contributed by atoms with van der Waals surface area (Å²) in [6.07, 6.45) is 1.47. The first-order valence-electron chi connectivity index (χ1n) is 6.76. The highest BCUT2D eigenvalue weighted by Crippen LogP contribution is 2.28. The third-order valence-electron chi connectivity index (χ3n) is 3.36. The van der Waals surface area contributed by atoms with E-state index in [0.717, 1.165) is 11.3 Å². The van der Waals surface area contributed by atoms with Gasteiger partial charge in [-0.3, -0.25) is 4.79 Å². The molecule has 2 N–H and O–H groups in total. The molecule has 0 aliphatic rings. The summed E-state index contributed by atoms with van der Waals surface area (Å²) in [5.74, 6) is -1.43. The van der Waals surface area contributed by atoms with Gasteiger partial charge in [-0.1, -0.05) is 23.7 Å². The molecule has 0 atom stereocenters. The highest BCUT2D eigenvalue weighted by molar-refractivity contribution is 7.20. The van der Waals surface area contributed by atoms with Gasteiger partial charge < -0.3 is 10.1 Å². The van der Waals surface area contributed by atoms with E-state index in [-0.39, 0.29) is 26.0 Å². The molecule has 0 aliphatic carbocycles. The molecule has 2 heterocycles. The number of halogens is 2. The van der Waals surface area contributed by atoms with Gasteiger partial charge in [0.05, 0.1) is 10.4 Å². The number of carboxylic acids is 1. The van der Waals surface area contributed by atoms with Gasteiger partial charge in [0.15, 0.2) is 5.82 Å². The molecule has 0 unspecified atom stereocenters. The predicted octanol–water partition coefficient (Wildman–Crippen LogP) is 3.87. The van der Waals surface area contributed by atoms with E-state index in [1.54, 1.807) is 13.0 Å². The number of rotatable bonds is 3. The molecule has 0 amide bonds. The monoisotopic (exact) mass is 364 g/mol. The summed E-state index contributed by atoms with van der Waals surface area (Å²) < 4.78 is 13.2. The number of nitrogens with zero attached hydrogens (tertiary/aromatic N) is 1. The SMILES string of the molecule is Cc1c(C(=O)O)sc2nc(/C(Cl)=C/c3cccc(F)c3)[nH]c(=O)c12. The standard InChI is InChI=1S/C16H10ClFN2O3S/c1-7-11-14(21)19-13(20-15(11)24-12(7)16(22)23)10(17)6-8-3-2-4-9(18)5-8/h2-6H,1H3,(H,22,23)(H,19,20,21)/b10-6-. The molecular weight excluding hydrogens is 355 g/mol. The Bertz CT molecular complexity index is 1060. The van der Waals surface area contributed by atoms with Crippen molar-refractivity contribution in [2.75, 3.05) is 0 Å². The van der Waals surface area contributed by atoms with Crippen molar-refractivity contribution in [3.8, 4) is 0 Å². The molecule has 0 radical (unpaired) electrons. The molecule has 0 spiro atoms. The third kappa shape index (κ3) is 2.95. The average molecular weight is 365 g/mol. The molecular formula is C16H10ClFN2O3S. The summed E-state index contributed by atoms with van der Waals surface area (Å²) in [5.41, 5.74) is 0.409. The van der Waals surface area contributed by atoms with Gasteiger partial charge in [-0.2, -0.15) is 0 Å². The van der Waals surface area contributed by atoms with Crippen LogP contribution in [0.25, 0.3) is 21.3 Å². The molecule has 3 aromatic rings. The van der Waals surface area contributed by atoms with Crippen LogP contribution in [-0.2, 0) is 0 Å². The van der Waals surface area contributed by atoms with E-state index in [1.165, 1.54) is 24.3 Å². The molecule has 0 saturated carbocycles. The number of fused-ring (bicyclic) bond motifs is 1. The summed E-state index contributed by atoms with van der Waals surface area (Å²) in [7, 11) is 0. The smallest absolute Gasteiger partial charge is 0.346 e. The maximum Gasteiger partial charge on any atom is 0.346 e. The number of hydrogen-bond acceptors (Lipinski definition) is 4. The van der Waals surface area contributed by atoms with Gasteiger partial charge in [-0.15, -0.1) is 11.3 Å². The van der Waals surface area contributed by atoms with Gasteiger partial charge in [0.2, 0.25) is 0 Å². The van der Waals surface area contributed by atoms with Gasteiger partial charge in [0.1, 0.15) is 15.5 Å². The molecule has 0 bridgehead atoms. The number of thiophene rings is 1. The summed E-state index contributed by atoms with van der Waals surface area (Å²) in [6, 6.07) is 5.78. The van der Waals surface area contributed by atoms with Crippen LogP contribution in [0.1, 0.15) is 26.6 Å². The number of carboxylic acid groups (broad SMARTS) is 1. The lowest BCUT2D eigenvalue weighted by Crippen LogP contribution is -2.10. The van der Waals surface area contributed by atoms with E-state index in [9.17, 15) is 14.0 Å². The van der Waals surface area contributed by atoms with Crippen molar-refractivity contribution in [1.82, 2.24) is 9.97 Å². The van der Waals surface area contributed by atoms with Crippen LogP contribution in [0.3, 0.4) is 0 Å². The largest absolute Gasteiger partial charge is 0.477 e. The van der Waals surface area contributed by atoms with E-state index < -0.39 is 17.3 Å². The Morgan fingerprint density at radius 1 is 1.46 bits per heavy atom. The van der Waals surface area contributed by atoms with Crippen LogP contribution in [0.5, 0.6) is 0 Å². The first-order chi connectivity index (χ1) is 11.4. The second kappa shape index (κ2) is 6.18. The van der Waals surface area contributed by atoms with Crippen molar-refractivity contribution in [3.05, 3.63) is 62.3 Å². The zero-order valence-electron chi connectivity index (χ0n) is 12.3. The van der Waals surface area contributed by atoms with Gasteiger partial charge in [-0.05, 0) is 36.3 Å². The van der Waals surface area contributed by atoms with Crippen LogP contribution in [0.15, 0.2) is 29.1 Å². The van der Waals surface area contributed by atoms with Crippen LogP contribution in [-0.4, -0.2) is 21.0 Å². The minimum absolute atomic E-state index is 0.0605. The Kier molecular flexibility index (Phi) is 4.21. The zero-order valence-corrected chi connectivity index (χ0v) is 13.8.